The fourth-order valence-electron chi connectivity index (χ4n) is 1.42. The van der Waals surface area contributed by atoms with E-state index in [1.165, 1.54) is 32.1 Å². The Kier molecular flexibility index (Phi) is 3.01. The van der Waals surface area contributed by atoms with Crippen molar-refractivity contribution in [2.75, 3.05) is 6.73 Å². The first-order chi connectivity index (χ1) is 4.43. The average Bonchev–Trinajstić information content (AvgIpc) is 1.91. The van der Waals surface area contributed by atoms with E-state index >= 15 is 0 Å². The predicted molar refractivity (Wildman–Crippen MR) is 35.6 cm³/mol. The minimum Gasteiger partial charge on any atom is -0.289 e. The molecule has 0 atom stereocenters. The molecule has 1 N–H and O–H groups in total. The van der Waals surface area contributed by atoms with Gasteiger partial charge in [0.1, 0.15) is 6.73 Å². The van der Waals surface area contributed by atoms with Gasteiger partial charge in [0.25, 0.3) is 0 Å². The molecule has 9 heavy (non-hydrogen) atoms. The van der Waals surface area contributed by atoms with Crippen LogP contribution in [0.4, 0.5) is 0 Å². The Balaban J connectivity index is 2.08. The maximum Gasteiger partial charge on any atom is 0.133 e. The summed E-state index contributed by atoms with van der Waals surface area (Å²) >= 11 is 0. The van der Waals surface area contributed by atoms with E-state index in [2.05, 4.69) is 5.32 Å². The summed E-state index contributed by atoms with van der Waals surface area (Å²) in [6.07, 6.45) is 6.39. The van der Waals surface area contributed by atoms with E-state index < -0.39 is 0 Å². The second-order valence-corrected chi connectivity index (χ2v) is 2.68. The van der Waals surface area contributed by atoms with E-state index in [0.717, 1.165) is 0 Å². The molecule has 0 unspecified atom stereocenters. The zero-order chi connectivity index (χ0) is 6.53. The molecule has 1 rings (SSSR count). The van der Waals surface area contributed by atoms with Crippen molar-refractivity contribution in [2.24, 2.45) is 0 Å². The molecule has 1 radical (unpaired) electrons. The lowest BCUT2D eigenvalue weighted by Crippen LogP contribution is -2.30. The van der Waals surface area contributed by atoms with Crippen LogP contribution < -0.4 is 5.32 Å². The van der Waals surface area contributed by atoms with Gasteiger partial charge in [-0.3, -0.25) is 5.32 Å². The third-order valence-electron chi connectivity index (χ3n) is 1.98. The molecule has 0 spiro atoms. The lowest BCUT2D eigenvalue weighted by atomic mass is 9.96. The summed E-state index contributed by atoms with van der Waals surface area (Å²) in [5, 5.41) is 13.0. The zero-order valence-corrected chi connectivity index (χ0v) is 5.73. The summed E-state index contributed by atoms with van der Waals surface area (Å²) in [6.45, 7) is -0.106. The van der Waals surface area contributed by atoms with Crippen molar-refractivity contribution in [1.29, 1.82) is 0 Å². The molecule has 0 aromatic rings. The van der Waals surface area contributed by atoms with Crippen LogP contribution in [-0.4, -0.2) is 12.8 Å². The molecule has 2 nitrogen and oxygen atoms in total. The van der Waals surface area contributed by atoms with E-state index in [4.69, 9.17) is 0 Å². The molecule has 0 aromatic heterocycles. The second-order valence-electron chi connectivity index (χ2n) is 2.68. The van der Waals surface area contributed by atoms with Gasteiger partial charge in [0.15, 0.2) is 0 Å². The van der Waals surface area contributed by atoms with Gasteiger partial charge in [0.05, 0.1) is 0 Å². The highest BCUT2D eigenvalue weighted by atomic mass is 16.3. The van der Waals surface area contributed by atoms with E-state index in [1.807, 2.05) is 0 Å². The van der Waals surface area contributed by atoms with Crippen LogP contribution in [0.2, 0.25) is 0 Å². The summed E-state index contributed by atoms with van der Waals surface area (Å²) in [4.78, 5) is 0. The highest BCUT2D eigenvalue weighted by molar-refractivity contribution is 4.69. The second kappa shape index (κ2) is 3.85. The molecule has 53 valence electrons. The highest BCUT2D eigenvalue weighted by Crippen LogP contribution is 2.16. The molecule has 0 aromatic carbocycles. The molecule has 1 aliphatic carbocycles. The van der Waals surface area contributed by atoms with Crippen LogP contribution >= 0.6 is 0 Å². The van der Waals surface area contributed by atoms with Gasteiger partial charge in [0.2, 0.25) is 0 Å². The standard InChI is InChI=1S/C7H14NO/c9-6-8-7-4-2-1-3-5-7/h7-8H,1-6H2. The number of hydrogen-bond donors (Lipinski definition) is 1. The summed E-state index contributed by atoms with van der Waals surface area (Å²) in [5.41, 5.74) is 0. The third-order valence-corrected chi connectivity index (χ3v) is 1.98. The third kappa shape index (κ3) is 2.33. The zero-order valence-electron chi connectivity index (χ0n) is 5.73. The lowest BCUT2D eigenvalue weighted by Gasteiger charge is -2.20. The Labute approximate surface area is 56.3 Å². The first-order valence-corrected chi connectivity index (χ1v) is 3.75. The number of hydrogen-bond acceptors (Lipinski definition) is 1. The van der Waals surface area contributed by atoms with Crippen LogP contribution in [0.5, 0.6) is 0 Å². The van der Waals surface area contributed by atoms with Crippen LogP contribution in [0.3, 0.4) is 0 Å². The monoisotopic (exact) mass is 128 g/mol. The first kappa shape index (κ1) is 7.03. The van der Waals surface area contributed by atoms with Gasteiger partial charge in [-0.1, -0.05) is 19.3 Å². The summed E-state index contributed by atoms with van der Waals surface area (Å²) < 4.78 is 0. The Morgan fingerprint density at radius 1 is 1.22 bits per heavy atom. The smallest absolute Gasteiger partial charge is 0.133 e. The van der Waals surface area contributed by atoms with Gasteiger partial charge in [0, 0.05) is 6.04 Å². The lowest BCUT2D eigenvalue weighted by molar-refractivity contribution is 0.146. The minimum atomic E-state index is -0.106. The van der Waals surface area contributed by atoms with Crippen LogP contribution in [0, 0.1) is 0 Å². The van der Waals surface area contributed by atoms with Crippen molar-refractivity contribution in [3.8, 4) is 0 Å². The van der Waals surface area contributed by atoms with E-state index in [0.29, 0.717) is 6.04 Å². The SMILES string of the molecule is [O]CNC1CCCCC1. The topological polar surface area (TPSA) is 31.9 Å². The van der Waals surface area contributed by atoms with Crippen LogP contribution in [0.25, 0.3) is 0 Å². The van der Waals surface area contributed by atoms with Gasteiger partial charge in [-0.25, -0.2) is 5.11 Å². The largest absolute Gasteiger partial charge is 0.289 e. The average molecular weight is 128 g/mol. The fraction of sp³-hybridized carbons (Fsp3) is 1.00. The number of nitrogens with one attached hydrogen (secondary N) is 1. The Hall–Kier alpha value is -0.0800. The highest BCUT2D eigenvalue weighted by Gasteiger charge is 2.10. The molecular formula is C7H14NO. The van der Waals surface area contributed by atoms with Crippen molar-refractivity contribution in [2.45, 2.75) is 38.1 Å². The van der Waals surface area contributed by atoms with Gasteiger partial charge in [-0.2, -0.15) is 0 Å². The summed E-state index contributed by atoms with van der Waals surface area (Å²) in [5.74, 6) is 0. The molecule has 2 heteroatoms. The van der Waals surface area contributed by atoms with Crippen molar-refractivity contribution in [1.82, 2.24) is 5.32 Å². The quantitative estimate of drug-likeness (QED) is 0.558. The van der Waals surface area contributed by atoms with Crippen LogP contribution in [0.1, 0.15) is 32.1 Å². The molecule has 0 aliphatic heterocycles. The number of rotatable bonds is 2. The molecule has 1 aliphatic rings. The van der Waals surface area contributed by atoms with Crippen molar-refractivity contribution < 1.29 is 5.11 Å². The first-order valence-electron chi connectivity index (χ1n) is 3.75. The molecule has 1 fully saturated rings. The van der Waals surface area contributed by atoms with Crippen molar-refractivity contribution in [3.63, 3.8) is 0 Å². The molecular weight excluding hydrogens is 114 g/mol. The van der Waals surface area contributed by atoms with E-state index in [1.54, 1.807) is 0 Å². The minimum absolute atomic E-state index is 0.106. The van der Waals surface area contributed by atoms with E-state index in [9.17, 15) is 5.11 Å². The maximum absolute atomic E-state index is 10.1. The molecule has 0 heterocycles. The van der Waals surface area contributed by atoms with Crippen molar-refractivity contribution >= 4 is 0 Å². The maximum atomic E-state index is 10.1. The summed E-state index contributed by atoms with van der Waals surface area (Å²) in [6, 6.07) is 0.538. The molecule has 1 saturated carbocycles. The van der Waals surface area contributed by atoms with Gasteiger partial charge in [-0.05, 0) is 12.8 Å². The van der Waals surface area contributed by atoms with Gasteiger partial charge in [-0.15, -0.1) is 0 Å². The Bertz CT molecular complexity index is 66.6. The van der Waals surface area contributed by atoms with Crippen LogP contribution in [-0.2, 0) is 5.11 Å². The van der Waals surface area contributed by atoms with Gasteiger partial charge >= 0.3 is 0 Å². The Morgan fingerprint density at radius 2 is 1.89 bits per heavy atom. The van der Waals surface area contributed by atoms with Gasteiger partial charge < -0.3 is 0 Å². The molecule has 0 bridgehead atoms. The fourth-order valence-corrected chi connectivity index (χ4v) is 1.42. The van der Waals surface area contributed by atoms with Crippen LogP contribution in [0.15, 0.2) is 0 Å². The molecule has 0 amide bonds. The summed E-state index contributed by atoms with van der Waals surface area (Å²) in [7, 11) is 0. The molecule has 0 saturated heterocycles. The Morgan fingerprint density at radius 3 is 2.44 bits per heavy atom. The van der Waals surface area contributed by atoms with E-state index in [-0.39, 0.29) is 6.73 Å². The van der Waals surface area contributed by atoms with Crippen molar-refractivity contribution in [3.05, 3.63) is 0 Å². The normalized spacial score (nSPS) is 22.3. The predicted octanol–water partition coefficient (Wildman–Crippen LogP) is 1.30.